The zero-order valence-electron chi connectivity index (χ0n) is 16.3. The Bertz CT molecular complexity index is 760. The van der Waals surface area contributed by atoms with E-state index in [1.165, 1.54) is 42.5 Å². The summed E-state index contributed by atoms with van der Waals surface area (Å²) in [4.78, 5) is 12.5. The SMILES string of the molecule is O=C(/C=C/c1ccc(S(=O)(=O)N2CCOCC2)cc1)NC1CCCCCCC1. The minimum Gasteiger partial charge on any atom is -0.379 e. The van der Waals surface area contributed by atoms with Crippen LogP contribution in [0.4, 0.5) is 0 Å². The molecule has 2 fully saturated rings. The van der Waals surface area contributed by atoms with Crippen molar-refractivity contribution in [2.24, 2.45) is 0 Å². The summed E-state index contributed by atoms with van der Waals surface area (Å²) >= 11 is 0. The van der Waals surface area contributed by atoms with Gasteiger partial charge in [0.25, 0.3) is 0 Å². The third kappa shape index (κ3) is 5.90. The number of carbonyl (C=O) groups is 1. The summed E-state index contributed by atoms with van der Waals surface area (Å²) in [6.45, 7) is 1.61. The Hall–Kier alpha value is -1.70. The summed E-state index contributed by atoms with van der Waals surface area (Å²) in [7, 11) is -3.49. The lowest BCUT2D eigenvalue weighted by molar-refractivity contribution is -0.117. The molecule has 1 N–H and O–H groups in total. The van der Waals surface area contributed by atoms with Crippen molar-refractivity contribution >= 4 is 22.0 Å². The number of ether oxygens (including phenoxy) is 1. The van der Waals surface area contributed by atoms with Gasteiger partial charge in [-0.2, -0.15) is 4.31 Å². The highest BCUT2D eigenvalue weighted by atomic mass is 32.2. The van der Waals surface area contributed by atoms with E-state index in [4.69, 9.17) is 4.74 Å². The largest absolute Gasteiger partial charge is 0.379 e. The van der Waals surface area contributed by atoms with E-state index in [-0.39, 0.29) is 16.8 Å². The lowest BCUT2D eigenvalue weighted by Crippen LogP contribution is -2.40. The highest BCUT2D eigenvalue weighted by Gasteiger charge is 2.25. The maximum atomic E-state index is 12.6. The molecule has 0 aromatic heterocycles. The van der Waals surface area contributed by atoms with Crippen molar-refractivity contribution in [1.82, 2.24) is 9.62 Å². The van der Waals surface area contributed by atoms with Crippen molar-refractivity contribution in [3.05, 3.63) is 35.9 Å². The van der Waals surface area contributed by atoms with Gasteiger partial charge in [-0.15, -0.1) is 0 Å². The van der Waals surface area contributed by atoms with Crippen LogP contribution in [0.15, 0.2) is 35.2 Å². The Balaban J connectivity index is 1.56. The van der Waals surface area contributed by atoms with E-state index in [0.717, 1.165) is 18.4 Å². The number of carbonyl (C=O) groups excluding carboxylic acids is 1. The summed E-state index contributed by atoms with van der Waals surface area (Å²) in [5.74, 6) is -0.0874. The Labute approximate surface area is 168 Å². The Morgan fingerprint density at radius 3 is 2.25 bits per heavy atom. The van der Waals surface area contributed by atoms with Gasteiger partial charge in [-0.05, 0) is 36.6 Å². The molecule has 1 aliphatic heterocycles. The van der Waals surface area contributed by atoms with Crippen molar-refractivity contribution in [2.45, 2.75) is 55.9 Å². The standard InChI is InChI=1S/C21H30N2O4S/c24-21(22-19-6-4-2-1-3-5-7-19)13-10-18-8-11-20(12-9-18)28(25,26)23-14-16-27-17-15-23/h8-13,19H,1-7,14-17H2,(H,22,24)/b13-10+. The van der Waals surface area contributed by atoms with E-state index in [1.807, 2.05) is 0 Å². The predicted octanol–water partition coefficient (Wildman–Crippen LogP) is 2.95. The van der Waals surface area contributed by atoms with Crippen molar-refractivity contribution in [1.29, 1.82) is 0 Å². The van der Waals surface area contributed by atoms with Gasteiger partial charge in [-0.3, -0.25) is 4.79 Å². The lowest BCUT2D eigenvalue weighted by atomic mass is 9.97. The van der Waals surface area contributed by atoms with E-state index in [1.54, 1.807) is 30.3 Å². The van der Waals surface area contributed by atoms with Crippen molar-refractivity contribution in [3.8, 4) is 0 Å². The molecule has 0 unspecified atom stereocenters. The van der Waals surface area contributed by atoms with Gasteiger partial charge in [-0.1, -0.05) is 44.2 Å². The van der Waals surface area contributed by atoms with E-state index in [2.05, 4.69) is 5.32 Å². The number of hydrogen-bond acceptors (Lipinski definition) is 4. The number of nitrogens with one attached hydrogen (secondary N) is 1. The van der Waals surface area contributed by atoms with E-state index >= 15 is 0 Å². The zero-order chi connectivity index (χ0) is 19.8. The first kappa shape index (κ1) is 21.0. The van der Waals surface area contributed by atoms with Gasteiger partial charge in [0.1, 0.15) is 0 Å². The normalized spacial score (nSPS) is 20.6. The van der Waals surface area contributed by atoms with Crippen LogP contribution >= 0.6 is 0 Å². The molecule has 28 heavy (non-hydrogen) atoms. The van der Waals surface area contributed by atoms with Gasteiger partial charge in [-0.25, -0.2) is 8.42 Å². The highest BCUT2D eigenvalue weighted by Crippen LogP contribution is 2.19. The van der Waals surface area contributed by atoms with Crippen LogP contribution in [-0.4, -0.2) is 51.0 Å². The molecule has 1 amide bonds. The van der Waals surface area contributed by atoms with Crippen LogP contribution in [0.5, 0.6) is 0 Å². The average Bonchev–Trinajstić information content (AvgIpc) is 2.69. The van der Waals surface area contributed by atoms with Gasteiger partial charge in [0, 0.05) is 25.2 Å². The molecular weight excluding hydrogens is 376 g/mol. The van der Waals surface area contributed by atoms with Crippen molar-refractivity contribution in [3.63, 3.8) is 0 Å². The van der Waals surface area contributed by atoms with Gasteiger partial charge < -0.3 is 10.1 Å². The van der Waals surface area contributed by atoms with Gasteiger partial charge in [0.15, 0.2) is 0 Å². The minimum absolute atomic E-state index is 0.0874. The number of morpholine rings is 1. The van der Waals surface area contributed by atoms with Gasteiger partial charge >= 0.3 is 0 Å². The Morgan fingerprint density at radius 1 is 1.00 bits per heavy atom. The molecule has 0 spiro atoms. The lowest BCUT2D eigenvalue weighted by Gasteiger charge is -2.26. The third-order valence-electron chi connectivity index (χ3n) is 5.37. The molecular formula is C21H30N2O4S. The summed E-state index contributed by atoms with van der Waals surface area (Å²) in [6, 6.07) is 6.91. The van der Waals surface area contributed by atoms with Crippen molar-refractivity contribution in [2.75, 3.05) is 26.3 Å². The quantitative estimate of drug-likeness (QED) is 0.763. The second-order valence-corrected chi connectivity index (χ2v) is 9.41. The molecule has 1 saturated carbocycles. The highest BCUT2D eigenvalue weighted by molar-refractivity contribution is 7.89. The summed E-state index contributed by atoms with van der Waals surface area (Å²) < 4.78 is 31.9. The van der Waals surface area contributed by atoms with Gasteiger partial charge in [0.05, 0.1) is 18.1 Å². The fourth-order valence-corrected chi connectivity index (χ4v) is 5.12. The number of amides is 1. The molecule has 0 radical (unpaired) electrons. The molecule has 1 aromatic rings. The van der Waals surface area contributed by atoms with Crippen LogP contribution in [0.25, 0.3) is 6.08 Å². The molecule has 1 aliphatic carbocycles. The summed E-state index contributed by atoms with van der Waals surface area (Å²) in [5.41, 5.74) is 0.800. The number of rotatable bonds is 5. The van der Waals surface area contributed by atoms with Crippen molar-refractivity contribution < 1.29 is 17.9 Å². The topological polar surface area (TPSA) is 75.7 Å². The second-order valence-electron chi connectivity index (χ2n) is 7.47. The predicted molar refractivity (Wildman–Crippen MR) is 109 cm³/mol. The number of sulfonamides is 1. The van der Waals surface area contributed by atoms with Gasteiger partial charge in [0.2, 0.25) is 15.9 Å². The molecule has 154 valence electrons. The first-order valence-electron chi connectivity index (χ1n) is 10.2. The minimum atomic E-state index is -3.49. The fourth-order valence-electron chi connectivity index (χ4n) is 3.71. The van der Waals surface area contributed by atoms with Crippen LogP contribution < -0.4 is 5.32 Å². The molecule has 1 aromatic carbocycles. The van der Waals surface area contributed by atoms with E-state index in [0.29, 0.717) is 26.3 Å². The molecule has 3 rings (SSSR count). The van der Waals surface area contributed by atoms with Crippen LogP contribution in [0.2, 0.25) is 0 Å². The Morgan fingerprint density at radius 2 is 1.61 bits per heavy atom. The maximum Gasteiger partial charge on any atom is 0.244 e. The van der Waals surface area contributed by atoms with E-state index in [9.17, 15) is 13.2 Å². The molecule has 7 heteroatoms. The van der Waals surface area contributed by atoms with Crippen LogP contribution in [-0.2, 0) is 19.6 Å². The molecule has 6 nitrogen and oxygen atoms in total. The molecule has 1 heterocycles. The zero-order valence-corrected chi connectivity index (χ0v) is 17.1. The first-order valence-corrected chi connectivity index (χ1v) is 11.7. The molecule has 0 bridgehead atoms. The Kier molecular flexibility index (Phi) is 7.65. The summed E-state index contributed by atoms with van der Waals surface area (Å²) in [5, 5.41) is 3.10. The first-order chi connectivity index (χ1) is 13.6. The van der Waals surface area contributed by atoms with E-state index < -0.39 is 10.0 Å². The molecule has 2 aliphatic rings. The third-order valence-corrected chi connectivity index (χ3v) is 7.28. The van der Waals surface area contributed by atoms with Crippen LogP contribution in [0.3, 0.4) is 0 Å². The molecule has 0 atom stereocenters. The molecule has 1 saturated heterocycles. The number of benzene rings is 1. The number of nitrogens with zero attached hydrogens (tertiary/aromatic N) is 1. The fraction of sp³-hybridized carbons (Fsp3) is 0.571. The monoisotopic (exact) mass is 406 g/mol. The smallest absolute Gasteiger partial charge is 0.244 e. The number of hydrogen-bond donors (Lipinski definition) is 1. The summed E-state index contributed by atoms with van der Waals surface area (Å²) in [6.07, 6.45) is 11.5. The van der Waals surface area contributed by atoms with Crippen LogP contribution in [0.1, 0.15) is 50.5 Å². The van der Waals surface area contributed by atoms with Crippen LogP contribution in [0, 0.1) is 0 Å². The average molecular weight is 407 g/mol. The second kappa shape index (κ2) is 10.2. The maximum absolute atomic E-state index is 12.6.